The molecule has 0 spiro atoms. The molecule has 0 heterocycles. The maximum absolute atomic E-state index is 13.1. The summed E-state index contributed by atoms with van der Waals surface area (Å²) in [6.07, 6.45) is -2.60. The normalized spacial score (nSPS) is 10.4. The van der Waals surface area contributed by atoms with Gasteiger partial charge >= 0.3 is 0 Å². The third-order valence-electron chi connectivity index (χ3n) is 2.11. The van der Waals surface area contributed by atoms with Gasteiger partial charge in [-0.25, -0.2) is 13.2 Å². The summed E-state index contributed by atoms with van der Waals surface area (Å²) < 4.78 is 37.7. The van der Waals surface area contributed by atoms with Crippen LogP contribution in [0.25, 0.3) is 0 Å². The van der Waals surface area contributed by atoms with Crippen molar-refractivity contribution in [2.24, 2.45) is 0 Å². The molecule has 0 saturated carbocycles. The highest BCUT2D eigenvalue weighted by atomic mass is 19.3. The molecule has 1 rings (SSSR count). The number of rotatable bonds is 5. The van der Waals surface area contributed by atoms with Gasteiger partial charge in [0.2, 0.25) is 0 Å². The molecule has 0 aliphatic carbocycles. The van der Waals surface area contributed by atoms with E-state index in [4.69, 9.17) is 10.4 Å². The van der Waals surface area contributed by atoms with Gasteiger partial charge in [-0.3, -0.25) is 0 Å². The molecule has 6 heteroatoms. The fourth-order valence-corrected chi connectivity index (χ4v) is 1.43. The first kappa shape index (κ1) is 13.3. The van der Waals surface area contributed by atoms with Crippen LogP contribution in [0.2, 0.25) is 0 Å². The highest BCUT2D eigenvalue weighted by Crippen LogP contribution is 2.19. The van der Waals surface area contributed by atoms with Crippen molar-refractivity contribution in [3.63, 3.8) is 0 Å². The average molecular weight is 244 g/mol. The molecular formula is C11H11F3N2O. The Morgan fingerprint density at radius 2 is 2.06 bits per heavy atom. The lowest BCUT2D eigenvalue weighted by atomic mass is 10.2. The summed E-state index contributed by atoms with van der Waals surface area (Å²) in [5, 5.41) is 17.4. The zero-order valence-electron chi connectivity index (χ0n) is 8.91. The van der Waals surface area contributed by atoms with E-state index in [1.54, 1.807) is 6.07 Å². The lowest BCUT2D eigenvalue weighted by molar-refractivity contribution is 0.153. The summed E-state index contributed by atoms with van der Waals surface area (Å²) in [5.41, 5.74) is 0.216. The summed E-state index contributed by atoms with van der Waals surface area (Å²) in [7, 11) is 0. The molecule has 0 aliphatic heterocycles. The van der Waals surface area contributed by atoms with Crippen LogP contribution >= 0.6 is 0 Å². The van der Waals surface area contributed by atoms with Crippen molar-refractivity contribution in [2.45, 2.75) is 6.43 Å². The Kier molecular flexibility index (Phi) is 4.79. The molecule has 0 atom stereocenters. The highest BCUT2D eigenvalue weighted by Gasteiger charge is 2.14. The van der Waals surface area contributed by atoms with Crippen LogP contribution in [-0.4, -0.2) is 31.2 Å². The lowest BCUT2D eigenvalue weighted by Gasteiger charge is -2.23. The molecule has 1 aromatic rings. The van der Waals surface area contributed by atoms with Crippen LogP contribution in [0.3, 0.4) is 0 Å². The Morgan fingerprint density at radius 3 is 2.59 bits per heavy atom. The Labute approximate surface area is 96.7 Å². The van der Waals surface area contributed by atoms with Gasteiger partial charge in [0.05, 0.1) is 24.8 Å². The van der Waals surface area contributed by atoms with Crippen LogP contribution in [0.15, 0.2) is 18.2 Å². The second-order valence-electron chi connectivity index (χ2n) is 3.37. The van der Waals surface area contributed by atoms with Gasteiger partial charge in [-0.15, -0.1) is 0 Å². The molecule has 0 aliphatic rings. The van der Waals surface area contributed by atoms with Crippen LogP contribution in [-0.2, 0) is 0 Å². The molecule has 0 bridgehead atoms. The zero-order valence-corrected chi connectivity index (χ0v) is 8.91. The molecule has 0 unspecified atom stereocenters. The van der Waals surface area contributed by atoms with Crippen molar-refractivity contribution in [2.75, 3.05) is 24.6 Å². The number of hydrogen-bond acceptors (Lipinski definition) is 3. The molecule has 3 nitrogen and oxygen atoms in total. The van der Waals surface area contributed by atoms with Crippen LogP contribution < -0.4 is 4.90 Å². The summed E-state index contributed by atoms with van der Waals surface area (Å²) in [6.45, 7) is -0.987. The topological polar surface area (TPSA) is 47.3 Å². The van der Waals surface area contributed by atoms with Gasteiger partial charge in [0.1, 0.15) is 5.82 Å². The number of aliphatic hydroxyl groups excluding tert-OH is 1. The second kappa shape index (κ2) is 6.11. The number of alkyl halides is 2. The molecule has 1 N–H and O–H groups in total. The Bertz CT molecular complexity index is 418. The third kappa shape index (κ3) is 3.96. The van der Waals surface area contributed by atoms with Gasteiger partial charge in [0, 0.05) is 12.2 Å². The minimum atomic E-state index is -2.60. The fourth-order valence-electron chi connectivity index (χ4n) is 1.43. The quantitative estimate of drug-likeness (QED) is 0.858. The third-order valence-corrected chi connectivity index (χ3v) is 2.11. The van der Waals surface area contributed by atoms with Crippen molar-refractivity contribution in [3.8, 4) is 6.07 Å². The first-order valence-electron chi connectivity index (χ1n) is 4.91. The number of nitrogens with zero attached hydrogens (tertiary/aromatic N) is 2. The highest BCUT2D eigenvalue weighted by molar-refractivity contribution is 5.52. The Hall–Kier alpha value is -1.74. The molecular weight excluding hydrogens is 233 g/mol. The summed E-state index contributed by atoms with van der Waals surface area (Å²) >= 11 is 0. The number of nitriles is 1. The molecule has 0 radical (unpaired) electrons. The molecule has 92 valence electrons. The van der Waals surface area contributed by atoms with Gasteiger partial charge in [0.15, 0.2) is 0 Å². The van der Waals surface area contributed by atoms with Crippen molar-refractivity contribution in [1.82, 2.24) is 0 Å². The van der Waals surface area contributed by atoms with Crippen LogP contribution in [0.1, 0.15) is 5.56 Å². The van der Waals surface area contributed by atoms with Crippen molar-refractivity contribution < 1.29 is 18.3 Å². The molecule has 0 saturated heterocycles. The largest absolute Gasteiger partial charge is 0.395 e. The van der Waals surface area contributed by atoms with Gasteiger partial charge in [-0.2, -0.15) is 5.26 Å². The van der Waals surface area contributed by atoms with Gasteiger partial charge in [-0.05, 0) is 18.2 Å². The zero-order chi connectivity index (χ0) is 12.8. The monoisotopic (exact) mass is 244 g/mol. The number of anilines is 1. The maximum Gasteiger partial charge on any atom is 0.255 e. The Morgan fingerprint density at radius 1 is 1.35 bits per heavy atom. The standard InChI is InChI=1S/C11H11F3N2O/c12-9-3-8(6-15)4-10(5-9)16(1-2-17)7-11(13)14/h3-5,11,17H,1-2,7H2. The maximum atomic E-state index is 13.1. The molecule has 1 aromatic carbocycles. The molecule has 17 heavy (non-hydrogen) atoms. The second-order valence-corrected chi connectivity index (χ2v) is 3.37. The van der Waals surface area contributed by atoms with Gasteiger partial charge in [-0.1, -0.05) is 0 Å². The van der Waals surface area contributed by atoms with Gasteiger partial charge in [0.25, 0.3) is 6.43 Å². The van der Waals surface area contributed by atoms with Crippen LogP contribution in [0.5, 0.6) is 0 Å². The van der Waals surface area contributed by atoms with E-state index in [1.165, 1.54) is 6.07 Å². The summed E-state index contributed by atoms with van der Waals surface area (Å²) in [6, 6.07) is 5.12. The van der Waals surface area contributed by atoms with E-state index in [0.29, 0.717) is 0 Å². The Balaban J connectivity index is 3.00. The van der Waals surface area contributed by atoms with E-state index in [0.717, 1.165) is 17.0 Å². The van der Waals surface area contributed by atoms with Gasteiger partial charge < -0.3 is 10.0 Å². The van der Waals surface area contributed by atoms with E-state index >= 15 is 0 Å². The number of halogens is 3. The number of benzene rings is 1. The first-order chi connectivity index (χ1) is 8.06. The molecule has 0 amide bonds. The van der Waals surface area contributed by atoms with E-state index in [2.05, 4.69) is 0 Å². The van der Waals surface area contributed by atoms with Crippen molar-refractivity contribution in [3.05, 3.63) is 29.6 Å². The van der Waals surface area contributed by atoms with Crippen molar-refractivity contribution in [1.29, 1.82) is 5.26 Å². The lowest BCUT2D eigenvalue weighted by Crippen LogP contribution is -2.31. The van der Waals surface area contributed by atoms with E-state index in [9.17, 15) is 13.2 Å². The number of hydrogen-bond donors (Lipinski definition) is 1. The summed E-state index contributed by atoms with van der Waals surface area (Å²) in [5.74, 6) is -0.670. The molecule has 0 aromatic heterocycles. The fraction of sp³-hybridized carbons (Fsp3) is 0.364. The number of aliphatic hydroxyl groups is 1. The van der Waals surface area contributed by atoms with Crippen molar-refractivity contribution >= 4 is 5.69 Å². The molecule has 0 fully saturated rings. The minimum absolute atomic E-state index is 0.0430. The SMILES string of the molecule is N#Cc1cc(F)cc(N(CCO)CC(F)F)c1. The van der Waals surface area contributed by atoms with E-state index in [-0.39, 0.29) is 24.4 Å². The van der Waals surface area contributed by atoms with Crippen LogP contribution in [0.4, 0.5) is 18.9 Å². The minimum Gasteiger partial charge on any atom is -0.395 e. The summed E-state index contributed by atoms with van der Waals surface area (Å²) in [4.78, 5) is 1.13. The van der Waals surface area contributed by atoms with E-state index in [1.807, 2.05) is 0 Å². The predicted molar refractivity (Wildman–Crippen MR) is 56.4 cm³/mol. The first-order valence-corrected chi connectivity index (χ1v) is 4.91. The smallest absolute Gasteiger partial charge is 0.255 e. The average Bonchev–Trinajstić information content (AvgIpc) is 2.27. The predicted octanol–water partition coefficient (Wildman–Crippen LogP) is 1.76. The van der Waals surface area contributed by atoms with E-state index < -0.39 is 18.8 Å². The van der Waals surface area contributed by atoms with Crippen LogP contribution in [0, 0.1) is 17.1 Å².